The Morgan fingerprint density at radius 3 is 3.13 bits per heavy atom. The van der Waals surface area contributed by atoms with Gasteiger partial charge in [-0.15, -0.1) is 0 Å². The fourth-order valence-electron chi connectivity index (χ4n) is 3.10. The summed E-state index contributed by atoms with van der Waals surface area (Å²) >= 11 is 0. The van der Waals surface area contributed by atoms with Gasteiger partial charge in [0.15, 0.2) is 5.78 Å². The van der Waals surface area contributed by atoms with Crippen LogP contribution < -0.4 is 0 Å². The molecule has 80 valence electrons. The first-order chi connectivity index (χ1) is 7.34. The third-order valence-electron chi connectivity index (χ3n) is 3.84. The quantitative estimate of drug-likeness (QED) is 0.602. The molecule has 2 heterocycles. The first kappa shape index (κ1) is 9.20. The van der Waals surface area contributed by atoms with Crippen molar-refractivity contribution in [2.24, 2.45) is 0 Å². The molecule has 15 heavy (non-hydrogen) atoms. The zero-order valence-corrected chi connectivity index (χ0v) is 9.04. The fourth-order valence-corrected chi connectivity index (χ4v) is 3.10. The molecule has 0 bridgehead atoms. The molecule has 2 nitrogen and oxygen atoms in total. The second-order valence-electron chi connectivity index (χ2n) is 4.81. The van der Waals surface area contributed by atoms with E-state index in [1.807, 2.05) is 6.08 Å². The molecule has 3 aliphatic rings. The van der Waals surface area contributed by atoms with Crippen molar-refractivity contribution in [1.29, 1.82) is 0 Å². The lowest BCUT2D eigenvalue weighted by molar-refractivity contribution is -0.114. The third kappa shape index (κ3) is 1.52. The van der Waals surface area contributed by atoms with Crippen molar-refractivity contribution in [3.05, 3.63) is 23.4 Å². The van der Waals surface area contributed by atoms with E-state index in [4.69, 9.17) is 0 Å². The van der Waals surface area contributed by atoms with E-state index >= 15 is 0 Å². The van der Waals surface area contributed by atoms with Gasteiger partial charge < -0.3 is 4.90 Å². The minimum atomic E-state index is 0.282. The van der Waals surface area contributed by atoms with Crippen molar-refractivity contribution in [3.63, 3.8) is 0 Å². The fraction of sp³-hybridized carbons (Fsp3) is 0.615. The Labute approximate surface area is 90.6 Å². The van der Waals surface area contributed by atoms with Gasteiger partial charge in [-0.2, -0.15) is 0 Å². The van der Waals surface area contributed by atoms with Crippen LogP contribution in [-0.4, -0.2) is 23.3 Å². The van der Waals surface area contributed by atoms with Crippen molar-refractivity contribution in [2.45, 2.75) is 44.6 Å². The maximum Gasteiger partial charge on any atom is 0.159 e. The number of allylic oxidation sites excluding steroid dienone is 3. The molecule has 0 aromatic rings. The summed E-state index contributed by atoms with van der Waals surface area (Å²) in [5.41, 5.74) is 2.68. The highest BCUT2D eigenvalue weighted by Gasteiger charge is 2.31. The molecular formula is C13H17NO. The second kappa shape index (κ2) is 3.51. The summed E-state index contributed by atoms with van der Waals surface area (Å²) < 4.78 is 0. The molecule has 0 spiro atoms. The Balaban J connectivity index is 1.90. The Kier molecular flexibility index (Phi) is 2.15. The first-order valence-electron chi connectivity index (χ1n) is 6.05. The Hall–Kier alpha value is -1.05. The van der Waals surface area contributed by atoms with Gasteiger partial charge in [0, 0.05) is 24.7 Å². The zero-order valence-electron chi connectivity index (χ0n) is 9.04. The smallest absolute Gasteiger partial charge is 0.159 e. The molecule has 2 heteroatoms. The number of piperidine rings is 2. The Bertz CT molecular complexity index is 354. The van der Waals surface area contributed by atoms with Crippen LogP contribution in [0.3, 0.4) is 0 Å². The summed E-state index contributed by atoms with van der Waals surface area (Å²) in [6.07, 6.45) is 11.0. The highest BCUT2D eigenvalue weighted by molar-refractivity contribution is 5.93. The van der Waals surface area contributed by atoms with Crippen LogP contribution in [0.4, 0.5) is 0 Å². The number of hydrogen-bond donors (Lipinski definition) is 0. The van der Waals surface area contributed by atoms with Crippen LogP contribution in [0.15, 0.2) is 23.4 Å². The van der Waals surface area contributed by atoms with E-state index in [0.29, 0.717) is 6.42 Å². The van der Waals surface area contributed by atoms with Crippen LogP contribution in [0.25, 0.3) is 0 Å². The molecule has 0 radical (unpaired) electrons. The maximum absolute atomic E-state index is 11.3. The van der Waals surface area contributed by atoms with Crippen LogP contribution in [0.2, 0.25) is 0 Å². The molecule has 3 rings (SSSR count). The van der Waals surface area contributed by atoms with Gasteiger partial charge in [0.1, 0.15) is 0 Å². The van der Waals surface area contributed by atoms with Gasteiger partial charge in [0.05, 0.1) is 0 Å². The maximum atomic E-state index is 11.3. The molecule has 1 atom stereocenters. The summed E-state index contributed by atoms with van der Waals surface area (Å²) in [5, 5.41) is 0. The minimum Gasteiger partial charge on any atom is -0.369 e. The number of hydrogen-bond acceptors (Lipinski definition) is 2. The van der Waals surface area contributed by atoms with Crippen molar-refractivity contribution in [3.8, 4) is 0 Å². The lowest BCUT2D eigenvalue weighted by Crippen LogP contribution is -2.42. The molecule has 2 fully saturated rings. The first-order valence-corrected chi connectivity index (χ1v) is 6.05. The van der Waals surface area contributed by atoms with E-state index in [1.165, 1.54) is 43.5 Å². The lowest BCUT2D eigenvalue weighted by Gasteiger charge is -2.44. The van der Waals surface area contributed by atoms with E-state index < -0.39 is 0 Å². The van der Waals surface area contributed by atoms with Gasteiger partial charge in [0.2, 0.25) is 0 Å². The van der Waals surface area contributed by atoms with E-state index in [2.05, 4.69) is 11.0 Å². The van der Waals surface area contributed by atoms with E-state index in [1.54, 1.807) is 0 Å². The lowest BCUT2D eigenvalue weighted by atomic mass is 9.85. The molecule has 0 aromatic heterocycles. The van der Waals surface area contributed by atoms with Crippen molar-refractivity contribution >= 4 is 5.78 Å². The van der Waals surface area contributed by atoms with Gasteiger partial charge in [-0.25, -0.2) is 0 Å². The van der Waals surface area contributed by atoms with E-state index in [0.717, 1.165) is 12.5 Å². The number of nitrogens with zero attached hydrogens (tertiary/aromatic N) is 1. The van der Waals surface area contributed by atoms with Crippen LogP contribution in [0.1, 0.15) is 38.5 Å². The normalized spacial score (nSPS) is 30.3. The zero-order chi connectivity index (χ0) is 10.3. The van der Waals surface area contributed by atoms with Crippen LogP contribution in [-0.2, 0) is 4.79 Å². The topological polar surface area (TPSA) is 20.3 Å². The van der Waals surface area contributed by atoms with Crippen LogP contribution >= 0.6 is 0 Å². The predicted octanol–water partition coefficient (Wildman–Crippen LogP) is 2.42. The Morgan fingerprint density at radius 1 is 1.27 bits per heavy atom. The number of rotatable bonds is 0. The largest absolute Gasteiger partial charge is 0.369 e. The number of fused-ring (bicyclic) bond motifs is 3. The van der Waals surface area contributed by atoms with Crippen molar-refractivity contribution in [1.82, 2.24) is 4.90 Å². The number of carbonyl (C=O) groups is 1. The van der Waals surface area contributed by atoms with E-state index in [9.17, 15) is 4.79 Å². The number of ketones is 1. The summed E-state index contributed by atoms with van der Waals surface area (Å²) in [6.45, 7) is 1.20. The van der Waals surface area contributed by atoms with Crippen LogP contribution in [0, 0.1) is 0 Å². The molecule has 0 aromatic carbocycles. The molecule has 2 saturated heterocycles. The van der Waals surface area contributed by atoms with Gasteiger partial charge in [-0.3, -0.25) is 4.79 Å². The molecule has 1 aliphatic carbocycles. The third-order valence-corrected chi connectivity index (χ3v) is 3.84. The highest BCUT2D eigenvalue weighted by Crippen LogP contribution is 2.37. The van der Waals surface area contributed by atoms with Gasteiger partial charge >= 0.3 is 0 Å². The molecule has 1 unspecified atom stereocenters. The molecule has 2 aliphatic heterocycles. The minimum absolute atomic E-state index is 0.282. The van der Waals surface area contributed by atoms with Crippen LogP contribution in [0.5, 0.6) is 0 Å². The second-order valence-corrected chi connectivity index (χ2v) is 4.81. The highest BCUT2D eigenvalue weighted by atomic mass is 16.1. The average Bonchev–Trinajstić information content (AvgIpc) is 2.28. The average molecular weight is 203 g/mol. The van der Waals surface area contributed by atoms with Gasteiger partial charge in [-0.1, -0.05) is 6.08 Å². The Morgan fingerprint density at radius 2 is 2.20 bits per heavy atom. The van der Waals surface area contributed by atoms with Crippen molar-refractivity contribution in [2.75, 3.05) is 6.54 Å². The monoisotopic (exact) mass is 203 g/mol. The van der Waals surface area contributed by atoms with Crippen molar-refractivity contribution < 1.29 is 4.79 Å². The SMILES string of the molecule is O=C1C=C2CCC3CCCCN3C2=CC1. The molecule has 0 N–H and O–H groups in total. The molecule has 0 amide bonds. The predicted molar refractivity (Wildman–Crippen MR) is 59.4 cm³/mol. The molecule has 0 saturated carbocycles. The number of carbonyl (C=O) groups excluding carboxylic acids is 1. The van der Waals surface area contributed by atoms with E-state index in [-0.39, 0.29) is 5.78 Å². The van der Waals surface area contributed by atoms with Gasteiger partial charge in [-0.05, 0) is 43.8 Å². The molecular weight excluding hydrogens is 186 g/mol. The summed E-state index contributed by atoms with van der Waals surface area (Å²) in [7, 11) is 0. The standard InChI is InChI=1S/C13H17NO/c15-12-6-7-13-10(9-12)4-5-11-3-1-2-8-14(11)13/h7,9,11H,1-6,8H2. The van der Waals surface area contributed by atoms with Gasteiger partial charge in [0.25, 0.3) is 0 Å². The summed E-state index contributed by atoms with van der Waals surface area (Å²) in [6, 6.07) is 0.760. The summed E-state index contributed by atoms with van der Waals surface area (Å²) in [4.78, 5) is 13.9. The summed E-state index contributed by atoms with van der Waals surface area (Å²) in [5.74, 6) is 0.282.